The molecule has 1 aliphatic heterocycles. The lowest BCUT2D eigenvalue weighted by atomic mass is 9.55. The molecule has 2 aromatic carbocycles. The van der Waals surface area contributed by atoms with Gasteiger partial charge in [0.2, 0.25) is 5.79 Å². The van der Waals surface area contributed by atoms with Gasteiger partial charge >= 0.3 is 12.2 Å². The highest BCUT2D eigenvalue weighted by molar-refractivity contribution is 6.18. The summed E-state index contributed by atoms with van der Waals surface area (Å²) >= 11 is 6.06. The van der Waals surface area contributed by atoms with Crippen LogP contribution in [0.15, 0.2) is 71.9 Å². The molecule has 14 heteroatoms. The number of carbonyl (C=O) groups excluding carboxylic acids is 2. The lowest BCUT2D eigenvalue weighted by Gasteiger charge is -2.59. The van der Waals surface area contributed by atoms with Gasteiger partial charge in [-0.1, -0.05) is 107 Å². The molecule has 1 heterocycles. The molecule has 1 fully saturated rings. The van der Waals surface area contributed by atoms with Gasteiger partial charge in [0, 0.05) is 44.2 Å². The van der Waals surface area contributed by atoms with Crippen LogP contribution in [0.1, 0.15) is 140 Å². The maximum atomic E-state index is 14.4. The molecule has 2 amide bonds. The van der Waals surface area contributed by atoms with E-state index in [4.69, 9.17) is 40.5 Å². The third-order valence-corrected chi connectivity index (χ3v) is 13.3. The van der Waals surface area contributed by atoms with Gasteiger partial charge in [-0.05, 0) is 92.3 Å². The number of ether oxygens (including phenoxy) is 4. The maximum Gasteiger partial charge on any atom is 0.412 e. The van der Waals surface area contributed by atoms with Crippen LogP contribution in [0.2, 0.25) is 0 Å². The van der Waals surface area contributed by atoms with Crippen LogP contribution >= 0.6 is 11.6 Å². The van der Waals surface area contributed by atoms with E-state index in [1.807, 2.05) is 13.0 Å². The number of amides is 2. The summed E-state index contributed by atoms with van der Waals surface area (Å²) in [7, 11) is 0. The van der Waals surface area contributed by atoms with Gasteiger partial charge in [0.25, 0.3) is 0 Å². The Kier molecular flexibility index (Phi) is 22.6. The third kappa shape index (κ3) is 14.4. The van der Waals surface area contributed by atoms with E-state index >= 15 is 0 Å². The Bertz CT molecular complexity index is 1860. The number of benzene rings is 2. The zero-order chi connectivity index (χ0) is 47.2. The smallest absolute Gasteiger partial charge is 0.412 e. The van der Waals surface area contributed by atoms with Gasteiger partial charge < -0.3 is 39.3 Å². The number of nitrogens with one attached hydrogen (secondary N) is 1. The van der Waals surface area contributed by atoms with E-state index in [0.29, 0.717) is 48.8 Å². The maximum absolute atomic E-state index is 14.4. The number of unbranched alkanes of at least 4 members (excludes halogenated alkanes) is 11. The molecule has 0 bridgehead atoms. The Morgan fingerprint density at radius 1 is 0.955 bits per heavy atom. The summed E-state index contributed by atoms with van der Waals surface area (Å²) in [6.45, 7) is 9.05. The fourth-order valence-corrected chi connectivity index (χ4v) is 10.2. The van der Waals surface area contributed by atoms with Gasteiger partial charge in [0.15, 0.2) is 0 Å². The van der Waals surface area contributed by atoms with E-state index in [1.54, 1.807) is 35.2 Å². The standard InChI is InChI=1S/C52H75ClFN3O9/c1-4-7-8-9-10-11-12-13-14-17-29-55-50(60)65-41-26-27-46-44(35-41)48-42(21-16-19-31-59)39(20-15-18-30-58)34-43-45(56-64-6-3)36-47(52(66-46,49(43)48)63-32-5-2)57(51(61)62-33-28-53)37-38-22-24-40(54)25-23-38/h5,22-27,34-35,39,42,47-49,58-59H,2,4,6-21,28-33,36-37H2,1,3H3,(H,55,60)/t39-,42+,47-,48+,49+,52+/m0/s1. The second kappa shape index (κ2) is 28.2. The van der Waals surface area contributed by atoms with E-state index in [1.165, 1.54) is 57.1 Å². The molecule has 12 nitrogen and oxygen atoms in total. The lowest BCUT2D eigenvalue weighted by molar-refractivity contribution is -0.256. The van der Waals surface area contributed by atoms with E-state index < -0.39 is 35.8 Å². The van der Waals surface area contributed by atoms with Crippen molar-refractivity contribution in [2.75, 3.05) is 45.5 Å². The number of hydrogen-bond acceptors (Lipinski definition) is 10. The Morgan fingerprint density at radius 2 is 1.65 bits per heavy atom. The average Bonchev–Trinajstić information content (AvgIpc) is 3.32. The van der Waals surface area contributed by atoms with Gasteiger partial charge in [0.1, 0.15) is 36.6 Å². The molecule has 6 atom stereocenters. The highest BCUT2D eigenvalue weighted by atomic mass is 35.5. The third-order valence-electron chi connectivity index (χ3n) is 13.1. The molecule has 2 aliphatic carbocycles. The van der Waals surface area contributed by atoms with Gasteiger partial charge in [0.05, 0.1) is 24.1 Å². The van der Waals surface area contributed by atoms with Crippen LogP contribution in [0.5, 0.6) is 11.5 Å². The van der Waals surface area contributed by atoms with E-state index in [2.05, 4.69) is 24.9 Å². The Morgan fingerprint density at radius 3 is 2.32 bits per heavy atom. The predicted octanol–water partition coefficient (Wildman–Crippen LogP) is 11.4. The number of rotatable bonds is 30. The summed E-state index contributed by atoms with van der Waals surface area (Å²) in [5.74, 6) is -1.98. The molecule has 0 unspecified atom stereocenters. The second-order valence-electron chi connectivity index (χ2n) is 17.7. The number of oxime groups is 1. The average molecular weight is 941 g/mol. The Labute approximate surface area is 397 Å². The summed E-state index contributed by atoms with van der Waals surface area (Å²) < 4.78 is 40.2. The highest BCUT2D eigenvalue weighted by Crippen LogP contribution is 2.62. The Hall–Kier alpha value is -4.17. The first kappa shape index (κ1) is 52.8. The lowest BCUT2D eigenvalue weighted by Crippen LogP contribution is -2.70. The van der Waals surface area contributed by atoms with Crippen molar-refractivity contribution < 1.29 is 48.0 Å². The van der Waals surface area contributed by atoms with Gasteiger partial charge in [-0.25, -0.2) is 14.0 Å². The Balaban J connectivity index is 1.57. The number of nitrogens with zero attached hydrogens (tertiary/aromatic N) is 2. The first-order valence-corrected chi connectivity index (χ1v) is 25.2. The number of hydrogen-bond donors (Lipinski definition) is 3. The molecular formula is C52H75ClFN3O9. The minimum atomic E-state index is -1.55. The molecular weight excluding hydrogens is 865 g/mol. The van der Waals surface area contributed by atoms with E-state index in [0.717, 1.165) is 56.1 Å². The molecule has 0 radical (unpaired) electrons. The zero-order valence-electron chi connectivity index (χ0n) is 39.4. The van der Waals surface area contributed by atoms with Gasteiger partial charge in [-0.2, -0.15) is 0 Å². The van der Waals surface area contributed by atoms with Crippen molar-refractivity contribution in [3.05, 3.63) is 83.7 Å². The summed E-state index contributed by atoms with van der Waals surface area (Å²) in [4.78, 5) is 35.1. The minimum absolute atomic E-state index is 0.0101. The van der Waals surface area contributed by atoms with Crippen LogP contribution in [-0.4, -0.2) is 90.3 Å². The normalized spacial score (nSPS) is 22.4. The number of allylic oxidation sites excluding steroid dienone is 1. The fraction of sp³-hybridized carbons (Fsp3) is 0.635. The summed E-state index contributed by atoms with van der Waals surface area (Å²) in [6, 6.07) is 10.5. The summed E-state index contributed by atoms with van der Waals surface area (Å²) in [6.07, 6.45) is 19.1. The second-order valence-corrected chi connectivity index (χ2v) is 18.1. The highest BCUT2D eigenvalue weighted by Gasteiger charge is 2.65. The van der Waals surface area contributed by atoms with Crippen LogP contribution in [0, 0.1) is 23.6 Å². The molecule has 0 saturated heterocycles. The van der Waals surface area contributed by atoms with Crippen molar-refractivity contribution >= 4 is 29.5 Å². The number of aliphatic hydroxyl groups excluding tert-OH is 2. The molecule has 1 saturated carbocycles. The van der Waals surface area contributed by atoms with Crippen LogP contribution in [-0.2, 0) is 20.9 Å². The van der Waals surface area contributed by atoms with Crippen molar-refractivity contribution in [2.45, 2.75) is 147 Å². The van der Waals surface area contributed by atoms with Crippen molar-refractivity contribution in [2.24, 2.45) is 22.9 Å². The van der Waals surface area contributed by atoms with Crippen LogP contribution in [0.4, 0.5) is 14.0 Å². The van der Waals surface area contributed by atoms with Gasteiger partial charge in [-0.3, -0.25) is 4.90 Å². The molecule has 66 heavy (non-hydrogen) atoms. The largest absolute Gasteiger partial charge is 0.459 e. The summed E-state index contributed by atoms with van der Waals surface area (Å²) in [5.41, 5.74) is 2.95. The van der Waals surface area contributed by atoms with E-state index in [-0.39, 0.29) is 63.0 Å². The number of fused-ring (bicyclic) bond motifs is 2. The number of halogens is 2. The SMILES string of the molecule is C=CCO[C@@]12Oc3ccc(OC(=O)NCCCCCCCCCCCC)cc3[C@H]3[C@H](CCCCO)[C@@H](CCCCO)C=C(C(=NOCC)C[C@@H]1N(Cc1ccc(F)cc1)C(=O)OCCCl)[C@H]32. The van der Waals surface area contributed by atoms with Crippen molar-refractivity contribution in [3.8, 4) is 11.5 Å². The summed E-state index contributed by atoms with van der Waals surface area (Å²) in [5, 5.41) is 27.5. The molecule has 5 rings (SSSR count). The van der Waals surface area contributed by atoms with Crippen LogP contribution < -0.4 is 14.8 Å². The molecule has 3 aliphatic rings. The quantitative estimate of drug-likeness (QED) is 0.0301. The first-order chi connectivity index (χ1) is 32.2. The minimum Gasteiger partial charge on any atom is -0.459 e. The number of alkyl halides is 1. The predicted molar refractivity (Wildman–Crippen MR) is 256 cm³/mol. The van der Waals surface area contributed by atoms with Crippen molar-refractivity contribution in [3.63, 3.8) is 0 Å². The van der Waals surface area contributed by atoms with Crippen molar-refractivity contribution in [1.29, 1.82) is 0 Å². The molecule has 366 valence electrons. The molecule has 0 aromatic heterocycles. The van der Waals surface area contributed by atoms with Crippen LogP contribution in [0.25, 0.3) is 0 Å². The molecule has 3 N–H and O–H groups in total. The number of aliphatic hydroxyl groups is 2. The van der Waals surface area contributed by atoms with Gasteiger partial charge in [-0.15, -0.1) is 18.2 Å². The number of carbonyl (C=O) groups is 2. The zero-order valence-corrected chi connectivity index (χ0v) is 40.1. The van der Waals surface area contributed by atoms with E-state index in [9.17, 15) is 24.2 Å². The van der Waals surface area contributed by atoms with Crippen molar-refractivity contribution in [1.82, 2.24) is 10.2 Å². The molecule has 2 aromatic rings. The first-order valence-electron chi connectivity index (χ1n) is 24.6. The fourth-order valence-electron chi connectivity index (χ4n) is 10.1. The molecule has 0 spiro atoms. The monoisotopic (exact) mass is 940 g/mol. The topological polar surface area (TPSA) is 148 Å². The van der Waals surface area contributed by atoms with Crippen LogP contribution in [0.3, 0.4) is 0 Å².